The van der Waals surface area contributed by atoms with Gasteiger partial charge in [-0.25, -0.2) is 0 Å². The fourth-order valence-electron chi connectivity index (χ4n) is 1.24. The number of nitrogens with zero attached hydrogens (tertiary/aromatic N) is 1. The van der Waals surface area contributed by atoms with Crippen LogP contribution in [0.4, 0.5) is 0 Å². The monoisotopic (exact) mass is 173 g/mol. The molecule has 5 heteroatoms. The summed E-state index contributed by atoms with van der Waals surface area (Å²) >= 11 is 0. The molecule has 12 heavy (non-hydrogen) atoms. The molecule has 0 spiro atoms. The van der Waals surface area contributed by atoms with Crippen molar-refractivity contribution < 1.29 is 14.7 Å². The zero-order valence-electron chi connectivity index (χ0n) is 6.86. The molecule has 0 fully saturated rings. The summed E-state index contributed by atoms with van der Waals surface area (Å²) in [6.07, 6.45) is 3.79. The maximum atomic E-state index is 10.0. The fraction of sp³-hybridized carbons (Fsp3) is 0.714. The van der Waals surface area contributed by atoms with Crippen LogP contribution in [0.3, 0.4) is 0 Å². The van der Waals surface area contributed by atoms with Crippen LogP contribution in [-0.4, -0.2) is 18.3 Å². The number of methoxy groups -OCH3 is 1. The van der Waals surface area contributed by atoms with Gasteiger partial charge in [0, 0.05) is 0 Å². The second-order valence-corrected chi connectivity index (χ2v) is 2.56. The van der Waals surface area contributed by atoms with Crippen molar-refractivity contribution in [2.45, 2.75) is 25.4 Å². The van der Waals surface area contributed by atoms with Crippen molar-refractivity contribution in [3.63, 3.8) is 0 Å². The summed E-state index contributed by atoms with van der Waals surface area (Å²) in [6, 6.07) is 0. The zero-order valence-corrected chi connectivity index (χ0v) is 6.86. The van der Waals surface area contributed by atoms with Gasteiger partial charge in [0.2, 0.25) is 0 Å². The fourth-order valence-corrected chi connectivity index (χ4v) is 1.24. The van der Waals surface area contributed by atoms with Crippen LogP contribution >= 0.6 is 0 Å². The van der Waals surface area contributed by atoms with Gasteiger partial charge in [0.1, 0.15) is 5.76 Å². The Morgan fingerprint density at radius 3 is 3.08 bits per heavy atom. The van der Waals surface area contributed by atoms with Crippen LogP contribution in [0, 0.1) is 10.1 Å². The molecule has 1 unspecified atom stereocenters. The van der Waals surface area contributed by atoms with Crippen LogP contribution in [0.2, 0.25) is 0 Å². The third kappa shape index (κ3) is 2.11. The summed E-state index contributed by atoms with van der Waals surface area (Å²) in [5, 5.41) is 9.25. The molecule has 1 aliphatic carbocycles. The Kier molecular flexibility index (Phi) is 2.90. The topological polar surface area (TPSA) is 61.6 Å². The number of allylic oxidation sites excluding steroid dienone is 1. The molecule has 0 saturated heterocycles. The lowest BCUT2D eigenvalue weighted by atomic mass is 10.0. The highest BCUT2D eigenvalue weighted by Gasteiger charge is 2.21. The van der Waals surface area contributed by atoms with Crippen molar-refractivity contribution in [3.8, 4) is 0 Å². The van der Waals surface area contributed by atoms with Crippen LogP contribution < -0.4 is 0 Å². The molecular formula is C7H11NO4. The minimum absolute atomic E-state index is 0.501. The Bertz CT molecular complexity index is 202. The summed E-state index contributed by atoms with van der Waals surface area (Å²) in [4.78, 5) is 14.5. The molecule has 0 aromatic rings. The van der Waals surface area contributed by atoms with Crippen LogP contribution in [0.5, 0.6) is 0 Å². The smallest absolute Gasteiger partial charge is 0.295 e. The molecule has 0 aromatic heterocycles. The number of hydrogen-bond acceptors (Lipinski definition) is 4. The SMILES string of the molecule is COC1=CCCCC1O[N+](=O)[O-]. The van der Waals surface area contributed by atoms with Crippen LogP contribution in [0.15, 0.2) is 11.8 Å². The van der Waals surface area contributed by atoms with Crippen LogP contribution in [0.1, 0.15) is 19.3 Å². The Labute approximate surface area is 70.1 Å². The average molecular weight is 173 g/mol. The molecule has 0 amide bonds. The molecule has 1 aliphatic rings. The second kappa shape index (κ2) is 3.94. The molecule has 0 N–H and O–H groups in total. The van der Waals surface area contributed by atoms with E-state index in [0.717, 1.165) is 12.8 Å². The molecule has 1 atom stereocenters. The third-order valence-corrected chi connectivity index (χ3v) is 1.78. The summed E-state index contributed by atoms with van der Waals surface area (Å²) in [5.41, 5.74) is 0. The van der Waals surface area contributed by atoms with E-state index in [1.165, 1.54) is 7.11 Å². The van der Waals surface area contributed by atoms with Gasteiger partial charge in [0.05, 0.1) is 7.11 Å². The first-order chi connectivity index (χ1) is 5.74. The van der Waals surface area contributed by atoms with Gasteiger partial charge in [-0.1, -0.05) is 0 Å². The minimum atomic E-state index is -0.775. The normalized spacial score (nSPS) is 22.8. The van der Waals surface area contributed by atoms with Crippen molar-refractivity contribution in [1.82, 2.24) is 0 Å². The molecule has 0 bridgehead atoms. The van der Waals surface area contributed by atoms with E-state index in [9.17, 15) is 10.1 Å². The largest absolute Gasteiger partial charge is 0.499 e. The van der Waals surface area contributed by atoms with Crippen LogP contribution in [-0.2, 0) is 9.57 Å². The van der Waals surface area contributed by atoms with Crippen molar-refractivity contribution in [3.05, 3.63) is 21.9 Å². The maximum Gasteiger partial charge on any atom is 0.295 e. The molecule has 0 aliphatic heterocycles. The first-order valence-corrected chi connectivity index (χ1v) is 3.79. The van der Waals surface area contributed by atoms with Crippen molar-refractivity contribution in [2.75, 3.05) is 7.11 Å². The third-order valence-electron chi connectivity index (χ3n) is 1.78. The van der Waals surface area contributed by atoms with Crippen molar-refractivity contribution in [2.24, 2.45) is 0 Å². The number of ether oxygens (including phenoxy) is 1. The Morgan fingerprint density at radius 1 is 1.75 bits per heavy atom. The summed E-state index contributed by atoms with van der Waals surface area (Å²) in [7, 11) is 1.49. The Hall–Kier alpha value is -1.26. The van der Waals surface area contributed by atoms with Gasteiger partial charge in [-0.05, 0) is 25.3 Å². The molecule has 0 heterocycles. The van der Waals surface area contributed by atoms with Gasteiger partial charge in [0.25, 0.3) is 5.09 Å². The van der Waals surface area contributed by atoms with E-state index in [0.29, 0.717) is 12.2 Å². The lowest BCUT2D eigenvalue weighted by Crippen LogP contribution is -2.22. The average Bonchev–Trinajstić information content (AvgIpc) is 2.04. The van der Waals surface area contributed by atoms with Gasteiger partial charge in [-0.15, -0.1) is 10.1 Å². The second-order valence-electron chi connectivity index (χ2n) is 2.56. The molecule has 68 valence electrons. The van der Waals surface area contributed by atoms with E-state index in [2.05, 4.69) is 4.84 Å². The van der Waals surface area contributed by atoms with Gasteiger partial charge in [0.15, 0.2) is 6.10 Å². The van der Waals surface area contributed by atoms with E-state index in [-0.39, 0.29) is 0 Å². The molecule has 1 rings (SSSR count). The highest BCUT2D eigenvalue weighted by molar-refractivity contribution is 5.03. The van der Waals surface area contributed by atoms with E-state index in [1.54, 1.807) is 0 Å². The molecule has 0 saturated carbocycles. The van der Waals surface area contributed by atoms with Gasteiger partial charge in [-0.2, -0.15) is 0 Å². The molecular weight excluding hydrogens is 162 g/mol. The van der Waals surface area contributed by atoms with E-state index in [4.69, 9.17) is 4.74 Å². The molecule has 5 nitrogen and oxygen atoms in total. The predicted octanol–water partition coefficient (Wildman–Crippen LogP) is 1.28. The standard InChI is InChI=1S/C7H11NO4/c1-11-6-4-2-3-5-7(6)12-8(9)10/h4,7H,2-3,5H2,1H3. The number of hydrogen-bond donors (Lipinski definition) is 0. The highest BCUT2D eigenvalue weighted by atomic mass is 17.0. The maximum absolute atomic E-state index is 10.0. The molecule has 0 radical (unpaired) electrons. The summed E-state index contributed by atoms with van der Waals surface area (Å²) in [6.45, 7) is 0. The van der Waals surface area contributed by atoms with E-state index in [1.807, 2.05) is 6.08 Å². The Balaban J connectivity index is 2.55. The zero-order chi connectivity index (χ0) is 8.97. The van der Waals surface area contributed by atoms with E-state index >= 15 is 0 Å². The lowest BCUT2D eigenvalue weighted by Gasteiger charge is -2.20. The summed E-state index contributed by atoms with van der Waals surface area (Å²) in [5.74, 6) is 0.568. The predicted molar refractivity (Wildman–Crippen MR) is 40.8 cm³/mol. The van der Waals surface area contributed by atoms with Gasteiger partial charge >= 0.3 is 0 Å². The summed E-state index contributed by atoms with van der Waals surface area (Å²) < 4.78 is 4.94. The van der Waals surface area contributed by atoms with Crippen molar-refractivity contribution >= 4 is 0 Å². The Morgan fingerprint density at radius 2 is 2.50 bits per heavy atom. The van der Waals surface area contributed by atoms with Crippen LogP contribution in [0.25, 0.3) is 0 Å². The van der Waals surface area contributed by atoms with Gasteiger partial charge < -0.3 is 9.57 Å². The lowest BCUT2D eigenvalue weighted by molar-refractivity contribution is -0.767. The van der Waals surface area contributed by atoms with E-state index < -0.39 is 11.2 Å². The minimum Gasteiger partial charge on any atom is -0.499 e. The van der Waals surface area contributed by atoms with Crippen molar-refractivity contribution in [1.29, 1.82) is 0 Å². The highest BCUT2D eigenvalue weighted by Crippen LogP contribution is 2.21. The number of rotatable bonds is 3. The molecule has 0 aromatic carbocycles. The van der Waals surface area contributed by atoms with Gasteiger partial charge in [-0.3, -0.25) is 0 Å². The first-order valence-electron chi connectivity index (χ1n) is 3.79. The quantitative estimate of drug-likeness (QED) is 0.476. The first kappa shape index (κ1) is 8.83.